The number of hydrogen-bond acceptors (Lipinski definition) is 3. The van der Waals surface area contributed by atoms with Crippen molar-refractivity contribution in [3.05, 3.63) is 76.6 Å². The Morgan fingerprint density at radius 2 is 1.92 bits per heavy atom. The highest BCUT2D eigenvalue weighted by atomic mass is 16.2. The van der Waals surface area contributed by atoms with E-state index in [4.69, 9.17) is 0 Å². The first-order chi connectivity index (χ1) is 12.5. The van der Waals surface area contributed by atoms with E-state index in [2.05, 4.69) is 15.3 Å². The Labute approximate surface area is 152 Å². The fourth-order valence-corrected chi connectivity index (χ4v) is 3.23. The zero-order chi connectivity index (χ0) is 18.7. The largest absolute Gasteiger partial charge is 0.354 e. The zero-order valence-corrected chi connectivity index (χ0v) is 15.2. The Balaban J connectivity index is 1.75. The quantitative estimate of drug-likeness (QED) is 0.671. The summed E-state index contributed by atoms with van der Waals surface area (Å²) in [5.41, 5.74) is 4.62. The molecule has 0 aliphatic heterocycles. The van der Waals surface area contributed by atoms with Gasteiger partial charge in [-0.3, -0.25) is 9.59 Å². The van der Waals surface area contributed by atoms with E-state index in [1.54, 1.807) is 26.4 Å². The highest BCUT2D eigenvalue weighted by Crippen LogP contribution is 2.19. The van der Waals surface area contributed by atoms with Crippen LogP contribution in [0, 0.1) is 13.8 Å². The van der Waals surface area contributed by atoms with Crippen molar-refractivity contribution in [3.8, 4) is 0 Å². The summed E-state index contributed by atoms with van der Waals surface area (Å²) in [6, 6.07) is 7.98. The van der Waals surface area contributed by atoms with Crippen LogP contribution in [0.5, 0.6) is 0 Å². The van der Waals surface area contributed by atoms with Crippen LogP contribution in [0.4, 0.5) is 0 Å². The number of aromatic nitrogens is 3. The fourth-order valence-electron chi connectivity index (χ4n) is 3.23. The summed E-state index contributed by atoms with van der Waals surface area (Å²) in [4.78, 5) is 31.4. The number of benzene rings is 1. The molecule has 0 radical (unpaired) electrons. The van der Waals surface area contributed by atoms with Crippen LogP contribution in [-0.4, -0.2) is 26.2 Å². The first kappa shape index (κ1) is 17.7. The molecule has 0 fully saturated rings. The first-order valence-electron chi connectivity index (χ1n) is 8.48. The number of nitrogens with one attached hydrogen (secondary N) is 2. The molecule has 2 aromatic heterocycles. The van der Waals surface area contributed by atoms with E-state index in [0.29, 0.717) is 29.9 Å². The van der Waals surface area contributed by atoms with Crippen LogP contribution < -0.4 is 5.32 Å². The lowest BCUT2D eigenvalue weighted by molar-refractivity contribution is 0.0945. The van der Waals surface area contributed by atoms with Crippen LogP contribution in [-0.2, 0) is 13.1 Å². The SMILES string of the molecule is CC(=O)c1c(C)[nH]c(C(=O)NCc2ccccc2Cn2ccnc2)c1C. The van der Waals surface area contributed by atoms with Crippen LogP contribution >= 0.6 is 0 Å². The van der Waals surface area contributed by atoms with E-state index < -0.39 is 0 Å². The standard InChI is InChI=1S/C20H22N4O2/c1-13-18(15(3)25)14(2)23-19(13)20(26)22-10-16-6-4-5-7-17(16)11-24-9-8-21-12-24/h4-9,12,23H,10-11H2,1-3H3,(H,22,26). The van der Waals surface area contributed by atoms with Crippen molar-refractivity contribution in [2.45, 2.75) is 33.9 Å². The number of nitrogens with zero attached hydrogens (tertiary/aromatic N) is 2. The Kier molecular flexibility index (Phi) is 5.02. The normalized spacial score (nSPS) is 10.7. The number of carbonyl (C=O) groups excluding carboxylic acids is 2. The molecule has 0 unspecified atom stereocenters. The first-order valence-corrected chi connectivity index (χ1v) is 8.48. The third-order valence-electron chi connectivity index (χ3n) is 4.49. The highest BCUT2D eigenvalue weighted by Gasteiger charge is 2.19. The second kappa shape index (κ2) is 7.39. The summed E-state index contributed by atoms with van der Waals surface area (Å²) in [6.07, 6.45) is 5.42. The lowest BCUT2D eigenvalue weighted by Crippen LogP contribution is -2.24. The lowest BCUT2D eigenvalue weighted by atomic mass is 10.1. The number of hydrogen-bond donors (Lipinski definition) is 2. The maximum absolute atomic E-state index is 12.6. The molecule has 0 saturated carbocycles. The molecule has 0 bridgehead atoms. The molecule has 6 heteroatoms. The molecule has 0 aliphatic rings. The van der Waals surface area contributed by atoms with Gasteiger partial charge in [-0.05, 0) is 37.5 Å². The number of aromatic amines is 1. The molecule has 6 nitrogen and oxygen atoms in total. The monoisotopic (exact) mass is 350 g/mol. The number of rotatable bonds is 6. The fraction of sp³-hybridized carbons (Fsp3) is 0.250. The second-order valence-corrected chi connectivity index (χ2v) is 6.37. The molecule has 2 heterocycles. The average molecular weight is 350 g/mol. The Morgan fingerprint density at radius 3 is 2.54 bits per heavy atom. The molecular weight excluding hydrogens is 328 g/mol. The van der Waals surface area contributed by atoms with Gasteiger partial charge in [0.05, 0.1) is 6.33 Å². The molecule has 2 N–H and O–H groups in total. The van der Waals surface area contributed by atoms with Crippen molar-refractivity contribution in [1.29, 1.82) is 0 Å². The number of carbonyl (C=O) groups is 2. The van der Waals surface area contributed by atoms with E-state index in [1.807, 2.05) is 35.0 Å². The average Bonchev–Trinajstić information content (AvgIpc) is 3.21. The molecular formula is C20H22N4O2. The van der Waals surface area contributed by atoms with E-state index in [1.165, 1.54) is 6.92 Å². The van der Waals surface area contributed by atoms with Gasteiger partial charge in [0.25, 0.3) is 5.91 Å². The van der Waals surface area contributed by atoms with Crippen LogP contribution in [0.3, 0.4) is 0 Å². The Morgan fingerprint density at radius 1 is 1.19 bits per heavy atom. The van der Waals surface area contributed by atoms with Gasteiger partial charge in [0.2, 0.25) is 0 Å². The predicted octanol–water partition coefficient (Wildman–Crippen LogP) is 3.01. The molecule has 134 valence electrons. The summed E-state index contributed by atoms with van der Waals surface area (Å²) < 4.78 is 1.98. The highest BCUT2D eigenvalue weighted by molar-refractivity contribution is 6.02. The smallest absolute Gasteiger partial charge is 0.268 e. The van der Waals surface area contributed by atoms with Crippen molar-refractivity contribution in [1.82, 2.24) is 19.9 Å². The van der Waals surface area contributed by atoms with Crippen molar-refractivity contribution < 1.29 is 9.59 Å². The van der Waals surface area contributed by atoms with Gasteiger partial charge in [0.1, 0.15) is 5.69 Å². The number of amides is 1. The van der Waals surface area contributed by atoms with Crippen LogP contribution in [0.2, 0.25) is 0 Å². The minimum Gasteiger partial charge on any atom is -0.354 e. The van der Waals surface area contributed by atoms with Crippen molar-refractivity contribution in [2.24, 2.45) is 0 Å². The molecule has 3 rings (SSSR count). The third kappa shape index (κ3) is 3.59. The number of Topliss-reactive ketones (excluding diaryl/α,β-unsaturated/α-hetero) is 1. The maximum atomic E-state index is 12.6. The molecule has 0 spiro atoms. The predicted molar refractivity (Wildman–Crippen MR) is 99.2 cm³/mol. The number of H-pyrrole nitrogens is 1. The summed E-state index contributed by atoms with van der Waals surface area (Å²) in [5.74, 6) is -0.253. The maximum Gasteiger partial charge on any atom is 0.268 e. The number of aryl methyl sites for hydroxylation is 1. The Bertz CT molecular complexity index is 939. The van der Waals surface area contributed by atoms with Gasteiger partial charge in [-0.2, -0.15) is 0 Å². The summed E-state index contributed by atoms with van der Waals surface area (Å²) in [6.45, 7) is 6.22. The van der Waals surface area contributed by atoms with Crippen LogP contribution in [0.25, 0.3) is 0 Å². The molecule has 0 atom stereocenters. The van der Waals surface area contributed by atoms with E-state index in [0.717, 1.165) is 16.8 Å². The topological polar surface area (TPSA) is 79.8 Å². The summed E-state index contributed by atoms with van der Waals surface area (Å²) in [7, 11) is 0. The molecule has 26 heavy (non-hydrogen) atoms. The van der Waals surface area contributed by atoms with Crippen molar-refractivity contribution >= 4 is 11.7 Å². The van der Waals surface area contributed by atoms with Crippen LogP contribution in [0.1, 0.15) is 50.2 Å². The summed E-state index contributed by atoms with van der Waals surface area (Å²) in [5, 5.41) is 2.95. The van der Waals surface area contributed by atoms with Gasteiger partial charge in [0, 0.05) is 36.7 Å². The second-order valence-electron chi connectivity index (χ2n) is 6.37. The van der Waals surface area contributed by atoms with Gasteiger partial charge in [-0.15, -0.1) is 0 Å². The Hall–Kier alpha value is -3.15. The zero-order valence-electron chi connectivity index (χ0n) is 15.2. The van der Waals surface area contributed by atoms with Gasteiger partial charge in [-0.25, -0.2) is 4.98 Å². The number of ketones is 1. The van der Waals surface area contributed by atoms with Gasteiger partial charge < -0.3 is 14.9 Å². The van der Waals surface area contributed by atoms with Crippen LogP contribution in [0.15, 0.2) is 43.0 Å². The molecule has 1 amide bonds. The lowest BCUT2D eigenvalue weighted by Gasteiger charge is -2.11. The van der Waals surface area contributed by atoms with Gasteiger partial charge in [0.15, 0.2) is 5.78 Å². The minimum atomic E-state index is -0.212. The van der Waals surface area contributed by atoms with Crippen molar-refractivity contribution in [3.63, 3.8) is 0 Å². The molecule has 1 aromatic carbocycles. The summed E-state index contributed by atoms with van der Waals surface area (Å²) >= 11 is 0. The van der Waals surface area contributed by atoms with Gasteiger partial charge >= 0.3 is 0 Å². The van der Waals surface area contributed by atoms with Crippen molar-refractivity contribution in [2.75, 3.05) is 0 Å². The van der Waals surface area contributed by atoms with Gasteiger partial charge in [-0.1, -0.05) is 24.3 Å². The molecule has 0 saturated heterocycles. The van der Waals surface area contributed by atoms with E-state index in [-0.39, 0.29) is 11.7 Å². The van der Waals surface area contributed by atoms with E-state index >= 15 is 0 Å². The minimum absolute atomic E-state index is 0.0408. The number of imidazole rings is 1. The van der Waals surface area contributed by atoms with E-state index in [9.17, 15) is 9.59 Å². The molecule has 0 aliphatic carbocycles. The third-order valence-corrected chi connectivity index (χ3v) is 4.49. The molecule has 3 aromatic rings.